The van der Waals surface area contributed by atoms with Crippen molar-refractivity contribution >= 4 is 29.2 Å². The number of nitrogen functional groups attached to an aromatic ring is 1. The highest BCUT2D eigenvalue weighted by molar-refractivity contribution is 6.19. The Morgan fingerprint density at radius 2 is 2.11 bits per heavy atom. The van der Waals surface area contributed by atoms with Gasteiger partial charge in [-0.05, 0) is 23.8 Å². The number of methoxy groups -OCH3 is 1. The van der Waals surface area contributed by atoms with E-state index in [1.807, 2.05) is 0 Å². The first-order valence-corrected chi connectivity index (χ1v) is 5.84. The first kappa shape index (κ1) is 13.1. The van der Waals surface area contributed by atoms with Gasteiger partial charge in [-0.2, -0.15) is 0 Å². The third-order valence-corrected chi connectivity index (χ3v) is 2.96. The lowest BCUT2D eigenvalue weighted by molar-refractivity contribution is -0.142. The van der Waals surface area contributed by atoms with Crippen LogP contribution in [-0.2, 0) is 25.5 Å². The summed E-state index contributed by atoms with van der Waals surface area (Å²) >= 11 is 0. The number of hydrogen-bond donors (Lipinski definition) is 1. The summed E-state index contributed by atoms with van der Waals surface area (Å²) in [6, 6.07) is 4.96. The van der Waals surface area contributed by atoms with Crippen LogP contribution in [0, 0.1) is 0 Å². The van der Waals surface area contributed by atoms with Crippen molar-refractivity contribution < 1.29 is 19.1 Å². The van der Waals surface area contributed by atoms with Crippen LogP contribution in [0.25, 0.3) is 0 Å². The molecule has 1 aromatic carbocycles. The molecule has 0 aliphatic carbocycles. The third-order valence-electron chi connectivity index (χ3n) is 2.96. The van der Waals surface area contributed by atoms with Crippen LogP contribution in [0.5, 0.6) is 0 Å². The zero-order valence-electron chi connectivity index (χ0n) is 10.5. The van der Waals surface area contributed by atoms with Crippen LogP contribution in [0.3, 0.4) is 0 Å². The van der Waals surface area contributed by atoms with E-state index in [2.05, 4.69) is 4.74 Å². The predicted octanol–water partition coefficient (Wildman–Crippen LogP) is 0.638. The lowest BCUT2D eigenvalue weighted by atomic mass is 10.1. The smallest absolute Gasteiger partial charge is 0.306 e. The number of anilines is 2. The van der Waals surface area contributed by atoms with Crippen molar-refractivity contribution in [1.82, 2.24) is 0 Å². The standard InChI is InChI=1S/C13H14N2O4/c1-19-13(18)5-4-11(16)15-10-3-2-9(14)6-8(10)7-12(15)17/h2-3,6H,4-5,7,14H2,1H3. The van der Waals surface area contributed by atoms with Crippen LogP contribution in [-0.4, -0.2) is 24.9 Å². The number of carbonyl (C=O) groups excluding carboxylic acids is 3. The summed E-state index contributed by atoms with van der Waals surface area (Å²) in [5.74, 6) is -1.17. The van der Waals surface area contributed by atoms with Crippen molar-refractivity contribution in [1.29, 1.82) is 0 Å². The molecule has 1 aliphatic rings. The Hall–Kier alpha value is -2.37. The Kier molecular flexibility index (Phi) is 3.50. The molecule has 0 radical (unpaired) electrons. The molecule has 0 aromatic heterocycles. The summed E-state index contributed by atoms with van der Waals surface area (Å²) in [5, 5.41) is 0. The minimum absolute atomic E-state index is 0.0383. The van der Waals surface area contributed by atoms with Crippen LogP contribution in [0.2, 0.25) is 0 Å². The maximum atomic E-state index is 12.0. The normalized spacial score (nSPS) is 13.3. The number of fused-ring (bicyclic) bond motifs is 1. The summed E-state index contributed by atoms with van der Waals surface area (Å²) in [4.78, 5) is 36.0. The second-order valence-electron chi connectivity index (χ2n) is 4.26. The summed E-state index contributed by atoms with van der Waals surface area (Å²) in [5.41, 5.74) is 7.47. The number of imide groups is 1. The van der Waals surface area contributed by atoms with Gasteiger partial charge < -0.3 is 10.5 Å². The fraction of sp³-hybridized carbons (Fsp3) is 0.308. The summed E-state index contributed by atoms with van der Waals surface area (Å²) in [7, 11) is 1.26. The van der Waals surface area contributed by atoms with E-state index in [4.69, 9.17) is 5.73 Å². The number of carbonyl (C=O) groups is 3. The fourth-order valence-corrected chi connectivity index (χ4v) is 2.04. The van der Waals surface area contributed by atoms with E-state index in [0.29, 0.717) is 11.4 Å². The summed E-state index contributed by atoms with van der Waals surface area (Å²) in [6.45, 7) is 0. The zero-order chi connectivity index (χ0) is 14.0. The van der Waals surface area contributed by atoms with Gasteiger partial charge in [-0.1, -0.05) is 0 Å². The van der Waals surface area contributed by atoms with Gasteiger partial charge in [0, 0.05) is 12.1 Å². The number of esters is 1. The Bertz CT molecular complexity index is 554. The molecule has 1 heterocycles. The second kappa shape index (κ2) is 5.09. The minimum atomic E-state index is -0.475. The van der Waals surface area contributed by atoms with Gasteiger partial charge in [0.05, 0.1) is 25.6 Å². The average Bonchev–Trinajstić information content (AvgIpc) is 2.70. The van der Waals surface area contributed by atoms with Crippen LogP contribution in [0.15, 0.2) is 18.2 Å². The van der Waals surface area contributed by atoms with Gasteiger partial charge in [0.1, 0.15) is 0 Å². The molecule has 19 heavy (non-hydrogen) atoms. The monoisotopic (exact) mass is 262 g/mol. The van der Waals surface area contributed by atoms with Crippen molar-refractivity contribution in [3.8, 4) is 0 Å². The highest BCUT2D eigenvalue weighted by atomic mass is 16.5. The summed E-state index contributed by atoms with van der Waals surface area (Å²) in [6.07, 6.45) is 0.0655. The number of benzene rings is 1. The largest absolute Gasteiger partial charge is 0.469 e. The molecule has 0 fully saturated rings. The maximum Gasteiger partial charge on any atom is 0.306 e. The Morgan fingerprint density at radius 3 is 2.79 bits per heavy atom. The van der Waals surface area contributed by atoms with E-state index in [1.165, 1.54) is 7.11 Å². The molecule has 6 heteroatoms. The van der Waals surface area contributed by atoms with E-state index in [0.717, 1.165) is 10.5 Å². The quantitative estimate of drug-likeness (QED) is 0.637. The van der Waals surface area contributed by atoms with E-state index in [1.54, 1.807) is 18.2 Å². The molecule has 2 amide bonds. The molecule has 0 saturated heterocycles. The first-order valence-electron chi connectivity index (χ1n) is 5.84. The van der Waals surface area contributed by atoms with Crippen LogP contribution < -0.4 is 10.6 Å². The van der Waals surface area contributed by atoms with Crippen molar-refractivity contribution in [3.63, 3.8) is 0 Å². The lowest BCUT2D eigenvalue weighted by Crippen LogP contribution is -2.33. The predicted molar refractivity (Wildman–Crippen MR) is 68.3 cm³/mol. The number of rotatable bonds is 3. The number of hydrogen-bond acceptors (Lipinski definition) is 5. The van der Waals surface area contributed by atoms with Crippen LogP contribution in [0.1, 0.15) is 18.4 Å². The van der Waals surface area contributed by atoms with E-state index >= 15 is 0 Å². The van der Waals surface area contributed by atoms with E-state index < -0.39 is 11.9 Å². The van der Waals surface area contributed by atoms with Crippen molar-refractivity contribution in [3.05, 3.63) is 23.8 Å². The molecule has 100 valence electrons. The molecule has 6 nitrogen and oxygen atoms in total. The van der Waals surface area contributed by atoms with Crippen molar-refractivity contribution in [2.45, 2.75) is 19.3 Å². The second-order valence-corrected chi connectivity index (χ2v) is 4.26. The Morgan fingerprint density at radius 1 is 1.37 bits per heavy atom. The zero-order valence-corrected chi connectivity index (χ0v) is 10.5. The Labute approximate surface area is 110 Å². The fourth-order valence-electron chi connectivity index (χ4n) is 2.04. The SMILES string of the molecule is COC(=O)CCC(=O)N1C(=O)Cc2cc(N)ccc21. The molecule has 0 spiro atoms. The van der Waals surface area contributed by atoms with E-state index in [-0.39, 0.29) is 25.2 Å². The average molecular weight is 262 g/mol. The molecule has 0 unspecified atom stereocenters. The van der Waals surface area contributed by atoms with Gasteiger partial charge in [-0.25, -0.2) is 4.90 Å². The lowest BCUT2D eigenvalue weighted by Gasteiger charge is -2.15. The first-order chi connectivity index (χ1) is 9.02. The van der Waals surface area contributed by atoms with Crippen LogP contribution >= 0.6 is 0 Å². The van der Waals surface area contributed by atoms with Crippen LogP contribution in [0.4, 0.5) is 11.4 Å². The van der Waals surface area contributed by atoms with E-state index in [9.17, 15) is 14.4 Å². The molecule has 2 rings (SSSR count). The van der Waals surface area contributed by atoms with Gasteiger partial charge in [-0.3, -0.25) is 14.4 Å². The highest BCUT2D eigenvalue weighted by Crippen LogP contribution is 2.31. The molecular weight excluding hydrogens is 248 g/mol. The molecular formula is C13H14N2O4. The molecule has 2 N–H and O–H groups in total. The molecule has 1 aliphatic heterocycles. The topological polar surface area (TPSA) is 89.7 Å². The maximum absolute atomic E-state index is 12.0. The molecule has 0 atom stereocenters. The van der Waals surface area contributed by atoms with Gasteiger partial charge in [0.25, 0.3) is 0 Å². The summed E-state index contributed by atoms with van der Waals surface area (Å²) < 4.78 is 4.46. The number of nitrogens with zero attached hydrogens (tertiary/aromatic N) is 1. The molecule has 0 saturated carbocycles. The minimum Gasteiger partial charge on any atom is -0.469 e. The number of ether oxygens (including phenoxy) is 1. The van der Waals surface area contributed by atoms with Gasteiger partial charge in [0.2, 0.25) is 11.8 Å². The van der Waals surface area contributed by atoms with Gasteiger partial charge in [0.15, 0.2) is 0 Å². The molecule has 0 bridgehead atoms. The van der Waals surface area contributed by atoms with Gasteiger partial charge >= 0.3 is 5.97 Å². The molecule has 1 aromatic rings. The highest BCUT2D eigenvalue weighted by Gasteiger charge is 2.32. The Balaban J connectivity index is 2.15. The van der Waals surface area contributed by atoms with Crippen molar-refractivity contribution in [2.24, 2.45) is 0 Å². The number of nitrogens with two attached hydrogens (primary N) is 1. The third kappa shape index (κ3) is 2.57. The number of amides is 2. The van der Waals surface area contributed by atoms with Crippen molar-refractivity contribution in [2.75, 3.05) is 17.7 Å². The van der Waals surface area contributed by atoms with Gasteiger partial charge in [-0.15, -0.1) is 0 Å².